The predicted molar refractivity (Wildman–Crippen MR) is 73.2 cm³/mol. The van der Waals surface area contributed by atoms with Gasteiger partial charge in [0.25, 0.3) is 0 Å². The number of carbonyl (C=O) groups is 1. The van der Waals surface area contributed by atoms with Gasteiger partial charge in [-0.3, -0.25) is 4.79 Å². The maximum absolute atomic E-state index is 12.2. The van der Waals surface area contributed by atoms with Crippen molar-refractivity contribution in [3.05, 3.63) is 35.9 Å². The van der Waals surface area contributed by atoms with Crippen molar-refractivity contribution in [2.75, 3.05) is 20.1 Å². The van der Waals surface area contributed by atoms with Gasteiger partial charge >= 0.3 is 0 Å². The van der Waals surface area contributed by atoms with E-state index in [-0.39, 0.29) is 17.9 Å². The molecule has 1 aromatic carbocycles. The summed E-state index contributed by atoms with van der Waals surface area (Å²) in [5, 5.41) is 3.12. The summed E-state index contributed by atoms with van der Waals surface area (Å²) in [7, 11) is 2.08. The summed E-state index contributed by atoms with van der Waals surface area (Å²) in [5.74, 6) is 0.341. The van der Waals surface area contributed by atoms with Gasteiger partial charge in [-0.15, -0.1) is 0 Å². The first-order chi connectivity index (χ1) is 8.66. The monoisotopic (exact) mass is 246 g/mol. The summed E-state index contributed by atoms with van der Waals surface area (Å²) in [4.78, 5) is 14.4. The van der Waals surface area contributed by atoms with Crippen LogP contribution in [0, 0.1) is 5.92 Å². The third kappa shape index (κ3) is 3.33. The van der Waals surface area contributed by atoms with Gasteiger partial charge in [-0.05, 0) is 38.9 Å². The normalized spacial score (nSPS) is 22.4. The molecule has 1 aliphatic rings. The van der Waals surface area contributed by atoms with Crippen LogP contribution in [0.1, 0.15) is 31.4 Å². The Balaban J connectivity index is 1.91. The molecule has 0 saturated carbocycles. The van der Waals surface area contributed by atoms with E-state index in [0.717, 1.165) is 31.5 Å². The molecule has 1 aromatic rings. The maximum atomic E-state index is 12.2. The third-order valence-corrected chi connectivity index (χ3v) is 3.65. The van der Waals surface area contributed by atoms with Crippen LogP contribution in [-0.2, 0) is 4.79 Å². The molecule has 0 spiro atoms. The molecule has 98 valence electrons. The highest BCUT2D eigenvalue weighted by Crippen LogP contribution is 2.17. The number of hydrogen-bond acceptors (Lipinski definition) is 2. The molecule has 0 radical (unpaired) electrons. The molecule has 0 aromatic heterocycles. The number of amides is 1. The molecule has 1 N–H and O–H groups in total. The zero-order valence-electron chi connectivity index (χ0n) is 11.2. The van der Waals surface area contributed by atoms with Crippen molar-refractivity contribution in [1.82, 2.24) is 10.2 Å². The number of rotatable bonds is 3. The van der Waals surface area contributed by atoms with Crippen LogP contribution in [0.4, 0.5) is 0 Å². The average Bonchev–Trinajstić information content (AvgIpc) is 2.39. The van der Waals surface area contributed by atoms with Crippen LogP contribution >= 0.6 is 0 Å². The van der Waals surface area contributed by atoms with Gasteiger partial charge in [0.15, 0.2) is 0 Å². The van der Waals surface area contributed by atoms with Gasteiger partial charge in [0.1, 0.15) is 0 Å². The number of nitrogens with one attached hydrogen (secondary N) is 1. The smallest absolute Gasteiger partial charge is 0.224 e. The second-order valence-corrected chi connectivity index (χ2v) is 5.24. The molecule has 1 amide bonds. The van der Waals surface area contributed by atoms with Gasteiger partial charge < -0.3 is 10.2 Å². The molecule has 1 fully saturated rings. The molecule has 3 nitrogen and oxygen atoms in total. The van der Waals surface area contributed by atoms with E-state index in [1.807, 2.05) is 25.1 Å². The lowest BCUT2D eigenvalue weighted by atomic mass is 9.97. The molecule has 18 heavy (non-hydrogen) atoms. The Labute approximate surface area is 109 Å². The number of nitrogens with zero attached hydrogens (tertiary/aromatic N) is 1. The fourth-order valence-electron chi connectivity index (χ4n) is 2.54. The van der Waals surface area contributed by atoms with E-state index in [0.29, 0.717) is 0 Å². The lowest BCUT2D eigenvalue weighted by Gasteiger charge is -2.29. The first-order valence-corrected chi connectivity index (χ1v) is 6.70. The number of likely N-dealkylation sites (tertiary alicyclic amines) is 1. The molecule has 2 atom stereocenters. The Kier molecular flexibility index (Phi) is 4.37. The van der Waals surface area contributed by atoms with Crippen LogP contribution in [0.5, 0.6) is 0 Å². The minimum Gasteiger partial charge on any atom is -0.349 e. The maximum Gasteiger partial charge on any atom is 0.224 e. The second kappa shape index (κ2) is 6.01. The predicted octanol–water partition coefficient (Wildman–Crippen LogP) is 2.21. The first-order valence-electron chi connectivity index (χ1n) is 6.70. The van der Waals surface area contributed by atoms with Crippen LogP contribution in [0.3, 0.4) is 0 Å². The Morgan fingerprint density at radius 3 is 2.78 bits per heavy atom. The highest BCUT2D eigenvalue weighted by Gasteiger charge is 2.24. The van der Waals surface area contributed by atoms with Crippen LogP contribution in [-0.4, -0.2) is 30.9 Å². The first kappa shape index (κ1) is 13.1. The SMILES string of the molecule is CC(NC(=O)C1CCCN(C)C1)c1ccccc1. The molecule has 0 aliphatic carbocycles. The van der Waals surface area contributed by atoms with Crippen molar-refractivity contribution in [2.24, 2.45) is 5.92 Å². The van der Waals surface area contributed by atoms with Crippen molar-refractivity contribution in [3.63, 3.8) is 0 Å². The highest BCUT2D eigenvalue weighted by atomic mass is 16.2. The Morgan fingerprint density at radius 2 is 2.11 bits per heavy atom. The van der Waals surface area contributed by atoms with E-state index in [4.69, 9.17) is 0 Å². The van der Waals surface area contributed by atoms with Crippen molar-refractivity contribution in [3.8, 4) is 0 Å². The second-order valence-electron chi connectivity index (χ2n) is 5.24. The summed E-state index contributed by atoms with van der Waals surface area (Å²) in [5.41, 5.74) is 1.16. The molecule has 3 heteroatoms. The lowest BCUT2D eigenvalue weighted by molar-refractivity contribution is -0.127. The van der Waals surface area contributed by atoms with Crippen molar-refractivity contribution >= 4 is 5.91 Å². The van der Waals surface area contributed by atoms with E-state index in [1.165, 1.54) is 0 Å². The van der Waals surface area contributed by atoms with Crippen LogP contribution in [0.2, 0.25) is 0 Å². The summed E-state index contributed by atoms with van der Waals surface area (Å²) in [6, 6.07) is 10.2. The van der Waals surface area contributed by atoms with Crippen LogP contribution < -0.4 is 5.32 Å². The van der Waals surface area contributed by atoms with Gasteiger partial charge in [0, 0.05) is 6.54 Å². The molecule has 2 rings (SSSR count). The van der Waals surface area contributed by atoms with Crippen LogP contribution in [0.15, 0.2) is 30.3 Å². The lowest BCUT2D eigenvalue weighted by Crippen LogP contribution is -2.42. The van der Waals surface area contributed by atoms with Crippen LogP contribution in [0.25, 0.3) is 0 Å². The minimum absolute atomic E-state index is 0.0888. The topological polar surface area (TPSA) is 32.3 Å². The molecular formula is C15H22N2O. The molecule has 1 heterocycles. The highest BCUT2D eigenvalue weighted by molar-refractivity contribution is 5.79. The standard InChI is InChI=1S/C15H22N2O/c1-12(13-7-4-3-5-8-13)16-15(18)14-9-6-10-17(2)11-14/h3-5,7-8,12,14H,6,9-11H2,1-2H3,(H,16,18). The zero-order valence-corrected chi connectivity index (χ0v) is 11.2. The largest absolute Gasteiger partial charge is 0.349 e. The van der Waals surface area contributed by atoms with Gasteiger partial charge in [-0.2, -0.15) is 0 Å². The van der Waals surface area contributed by atoms with E-state index < -0.39 is 0 Å². The fraction of sp³-hybridized carbons (Fsp3) is 0.533. The van der Waals surface area contributed by atoms with Crippen molar-refractivity contribution in [2.45, 2.75) is 25.8 Å². The van der Waals surface area contributed by atoms with Gasteiger partial charge in [0.2, 0.25) is 5.91 Å². The fourth-order valence-corrected chi connectivity index (χ4v) is 2.54. The Morgan fingerprint density at radius 1 is 1.39 bits per heavy atom. The van der Waals surface area contributed by atoms with Crippen molar-refractivity contribution in [1.29, 1.82) is 0 Å². The average molecular weight is 246 g/mol. The summed E-state index contributed by atoms with van der Waals surface area (Å²) in [6.45, 7) is 4.03. The Bertz CT molecular complexity index is 391. The number of hydrogen-bond donors (Lipinski definition) is 1. The molecule has 0 bridgehead atoms. The molecule has 1 saturated heterocycles. The molecule has 1 aliphatic heterocycles. The summed E-state index contributed by atoms with van der Waals surface area (Å²) in [6.07, 6.45) is 2.13. The quantitative estimate of drug-likeness (QED) is 0.887. The van der Waals surface area contributed by atoms with Gasteiger partial charge in [-0.25, -0.2) is 0 Å². The van der Waals surface area contributed by atoms with E-state index in [2.05, 4.69) is 29.4 Å². The van der Waals surface area contributed by atoms with Gasteiger partial charge in [0.05, 0.1) is 12.0 Å². The minimum atomic E-state index is 0.0888. The van der Waals surface area contributed by atoms with E-state index in [9.17, 15) is 4.79 Å². The third-order valence-electron chi connectivity index (χ3n) is 3.65. The Hall–Kier alpha value is -1.35. The van der Waals surface area contributed by atoms with Gasteiger partial charge in [-0.1, -0.05) is 30.3 Å². The summed E-state index contributed by atoms with van der Waals surface area (Å²) >= 11 is 0. The van der Waals surface area contributed by atoms with E-state index in [1.54, 1.807) is 0 Å². The molecule has 2 unspecified atom stereocenters. The number of carbonyl (C=O) groups excluding carboxylic acids is 1. The van der Waals surface area contributed by atoms with E-state index >= 15 is 0 Å². The zero-order chi connectivity index (χ0) is 13.0. The number of benzene rings is 1. The summed E-state index contributed by atoms with van der Waals surface area (Å²) < 4.78 is 0. The van der Waals surface area contributed by atoms with Crippen molar-refractivity contribution < 1.29 is 4.79 Å². The molecular weight excluding hydrogens is 224 g/mol. The number of piperidine rings is 1.